The maximum absolute atomic E-state index is 11.8. The average Bonchev–Trinajstić information content (AvgIpc) is 3.01. The first-order chi connectivity index (χ1) is 11.1. The van der Waals surface area contributed by atoms with Crippen LogP contribution < -0.4 is 10.2 Å². The van der Waals surface area contributed by atoms with Crippen molar-refractivity contribution >= 4 is 29.6 Å². The predicted octanol–water partition coefficient (Wildman–Crippen LogP) is 0.822. The predicted molar refractivity (Wildman–Crippen MR) is 83.8 cm³/mol. The SMILES string of the molecule is COC(=O)c1ccc(B(O)O)cc1Oc1cnc2[nH]ccc2c1. The number of esters is 1. The number of aromatic amines is 1. The van der Waals surface area contributed by atoms with Gasteiger partial charge in [-0.1, -0.05) is 6.07 Å². The van der Waals surface area contributed by atoms with Gasteiger partial charge in [-0.25, -0.2) is 9.78 Å². The molecule has 0 atom stereocenters. The van der Waals surface area contributed by atoms with E-state index < -0.39 is 13.1 Å². The smallest absolute Gasteiger partial charge is 0.465 e. The molecular formula is C15H13BN2O5. The van der Waals surface area contributed by atoms with Crippen molar-refractivity contribution in [3.05, 3.63) is 48.3 Å². The molecule has 0 spiro atoms. The molecule has 2 heterocycles. The molecule has 0 unspecified atom stereocenters. The van der Waals surface area contributed by atoms with E-state index in [0.717, 1.165) is 5.39 Å². The summed E-state index contributed by atoms with van der Waals surface area (Å²) in [6, 6.07) is 7.79. The molecule has 0 aliphatic carbocycles. The summed E-state index contributed by atoms with van der Waals surface area (Å²) in [4.78, 5) is 19.0. The monoisotopic (exact) mass is 312 g/mol. The number of H-pyrrole nitrogens is 1. The van der Waals surface area contributed by atoms with Crippen molar-refractivity contribution in [3.63, 3.8) is 0 Å². The lowest BCUT2D eigenvalue weighted by atomic mass is 9.80. The third-order valence-electron chi connectivity index (χ3n) is 3.31. The number of fused-ring (bicyclic) bond motifs is 1. The Bertz CT molecular complexity index is 862. The van der Waals surface area contributed by atoms with E-state index in [-0.39, 0.29) is 16.8 Å². The number of hydrogen-bond acceptors (Lipinski definition) is 6. The third kappa shape index (κ3) is 3.03. The number of benzene rings is 1. The summed E-state index contributed by atoms with van der Waals surface area (Å²) in [5, 5.41) is 19.4. The van der Waals surface area contributed by atoms with Gasteiger partial charge in [0.1, 0.15) is 22.7 Å². The Morgan fingerprint density at radius 3 is 2.83 bits per heavy atom. The maximum Gasteiger partial charge on any atom is 0.488 e. The summed E-state index contributed by atoms with van der Waals surface area (Å²) in [5.41, 5.74) is 1.08. The normalized spacial score (nSPS) is 10.6. The average molecular weight is 312 g/mol. The molecule has 0 amide bonds. The van der Waals surface area contributed by atoms with Crippen LogP contribution in [0.15, 0.2) is 42.7 Å². The van der Waals surface area contributed by atoms with Crippen LogP contribution in [0.25, 0.3) is 11.0 Å². The van der Waals surface area contributed by atoms with Gasteiger partial charge in [0.2, 0.25) is 0 Å². The van der Waals surface area contributed by atoms with E-state index in [9.17, 15) is 14.8 Å². The third-order valence-corrected chi connectivity index (χ3v) is 3.31. The summed E-state index contributed by atoms with van der Waals surface area (Å²) in [6.07, 6.45) is 3.26. The van der Waals surface area contributed by atoms with Crippen LogP contribution in [-0.2, 0) is 4.74 Å². The van der Waals surface area contributed by atoms with Gasteiger partial charge in [0.15, 0.2) is 0 Å². The molecule has 0 fully saturated rings. The first-order valence-corrected chi connectivity index (χ1v) is 6.78. The Labute approximate surface area is 131 Å². The largest absolute Gasteiger partial charge is 0.488 e. The van der Waals surface area contributed by atoms with Crippen LogP contribution in [0.2, 0.25) is 0 Å². The molecule has 116 valence electrons. The van der Waals surface area contributed by atoms with Gasteiger partial charge in [-0.3, -0.25) is 0 Å². The quantitative estimate of drug-likeness (QED) is 0.487. The first kappa shape index (κ1) is 15.1. The van der Waals surface area contributed by atoms with Gasteiger partial charge < -0.3 is 24.5 Å². The number of ether oxygens (including phenoxy) is 2. The minimum absolute atomic E-state index is 0.152. The van der Waals surface area contributed by atoms with E-state index in [0.29, 0.717) is 11.4 Å². The summed E-state index contributed by atoms with van der Waals surface area (Å²) in [7, 11) is -0.414. The van der Waals surface area contributed by atoms with Crippen LogP contribution in [0.1, 0.15) is 10.4 Å². The molecule has 3 aromatic rings. The topological polar surface area (TPSA) is 105 Å². The van der Waals surface area contributed by atoms with Gasteiger partial charge in [0.25, 0.3) is 0 Å². The molecule has 7 nitrogen and oxygen atoms in total. The van der Waals surface area contributed by atoms with Crippen molar-refractivity contribution in [2.75, 3.05) is 7.11 Å². The molecule has 0 aliphatic rings. The van der Waals surface area contributed by atoms with Crippen molar-refractivity contribution in [3.8, 4) is 11.5 Å². The number of nitrogens with one attached hydrogen (secondary N) is 1. The molecule has 3 N–H and O–H groups in total. The highest BCUT2D eigenvalue weighted by molar-refractivity contribution is 6.58. The first-order valence-electron chi connectivity index (χ1n) is 6.78. The molecule has 3 rings (SSSR count). The minimum atomic E-state index is -1.67. The second-order valence-corrected chi connectivity index (χ2v) is 4.81. The highest BCUT2D eigenvalue weighted by Gasteiger charge is 2.19. The van der Waals surface area contributed by atoms with E-state index in [4.69, 9.17) is 9.47 Å². The number of rotatable bonds is 4. The van der Waals surface area contributed by atoms with Crippen LogP contribution in [0.3, 0.4) is 0 Å². The summed E-state index contributed by atoms with van der Waals surface area (Å²) >= 11 is 0. The highest BCUT2D eigenvalue weighted by atomic mass is 16.5. The lowest BCUT2D eigenvalue weighted by Gasteiger charge is -2.11. The van der Waals surface area contributed by atoms with Gasteiger partial charge in [0, 0.05) is 11.6 Å². The van der Waals surface area contributed by atoms with E-state index >= 15 is 0 Å². The lowest BCUT2D eigenvalue weighted by molar-refractivity contribution is 0.0598. The van der Waals surface area contributed by atoms with Crippen LogP contribution >= 0.6 is 0 Å². The van der Waals surface area contributed by atoms with Crippen molar-refractivity contribution in [2.24, 2.45) is 0 Å². The molecule has 8 heteroatoms. The summed E-state index contributed by atoms with van der Waals surface area (Å²) < 4.78 is 10.4. The van der Waals surface area contributed by atoms with Crippen molar-refractivity contribution in [1.29, 1.82) is 0 Å². The molecule has 0 bridgehead atoms. The van der Waals surface area contributed by atoms with Crippen LogP contribution in [0.5, 0.6) is 11.5 Å². The number of carbonyl (C=O) groups is 1. The molecule has 0 saturated carbocycles. The zero-order chi connectivity index (χ0) is 16.4. The Hall–Kier alpha value is -2.84. The van der Waals surface area contributed by atoms with Gasteiger partial charge >= 0.3 is 13.1 Å². The molecular weight excluding hydrogens is 299 g/mol. The minimum Gasteiger partial charge on any atom is -0.465 e. The number of aromatic nitrogens is 2. The molecule has 1 aromatic carbocycles. The molecule has 0 aliphatic heterocycles. The second kappa shape index (κ2) is 6.11. The fourth-order valence-electron chi connectivity index (χ4n) is 2.16. The van der Waals surface area contributed by atoms with Gasteiger partial charge in [-0.15, -0.1) is 0 Å². The van der Waals surface area contributed by atoms with Crippen molar-refractivity contribution in [2.45, 2.75) is 0 Å². The number of nitrogens with zero attached hydrogens (tertiary/aromatic N) is 1. The Morgan fingerprint density at radius 2 is 2.09 bits per heavy atom. The molecule has 23 heavy (non-hydrogen) atoms. The summed E-state index contributed by atoms with van der Waals surface area (Å²) in [5.74, 6) is -0.0272. The van der Waals surface area contributed by atoms with Gasteiger partial charge in [0.05, 0.1) is 13.3 Å². The van der Waals surface area contributed by atoms with Crippen LogP contribution in [-0.4, -0.2) is 40.2 Å². The van der Waals surface area contributed by atoms with Crippen molar-refractivity contribution < 1.29 is 24.3 Å². The zero-order valence-electron chi connectivity index (χ0n) is 12.2. The molecule has 0 saturated heterocycles. The highest BCUT2D eigenvalue weighted by Crippen LogP contribution is 2.26. The molecule has 0 radical (unpaired) electrons. The van der Waals surface area contributed by atoms with E-state index in [1.807, 2.05) is 6.07 Å². The number of carbonyl (C=O) groups excluding carboxylic acids is 1. The molecule has 2 aromatic heterocycles. The number of pyridine rings is 1. The van der Waals surface area contributed by atoms with Crippen molar-refractivity contribution in [1.82, 2.24) is 9.97 Å². The Balaban J connectivity index is 2.01. The van der Waals surface area contributed by atoms with Gasteiger partial charge in [-0.05, 0) is 29.7 Å². The van der Waals surface area contributed by atoms with E-state index in [1.165, 1.54) is 31.5 Å². The number of methoxy groups -OCH3 is 1. The maximum atomic E-state index is 11.8. The van der Waals surface area contributed by atoms with Crippen LogP contribution in [0.4, 0.5) is 0 Å². The zero-order valence-corrected chi connectivity index (χ0v) is 12.2. The van der Waals surface area contributed by atoms with E-state index in [1.54, 1.807) is 12.3 Å². The Morgan fingerprint density at radius 1 is 1.26 bits per heavy atom. The van der Waals surface area contributed by atoms with Crippen LogP contribution in [0, 0.1) is 0 Å². The summed E-state index contributed by atoms with van der Waals surface area (Å²) in [6.45, 7) is 0. The second-order valence-electron chi connectivity index (χ2n) is 4.81. The fourth-order valence-corrected chi connectivity index (χ4v) is 2.16. The standard InChI is InChI=1S/C15H13BN2O5/c1-22-15(19)12-3-2-10(16(20)21)7-13(12)23-11-6-9-4-5-17-14(9)18-8-11/h2-8,20-21H,1H3,(H,17,18). The van der Waals surface area contributed by atoms with E-state index in [2.05, 4.69) is 9.97 Å². The van der Waals surface area contributed by atoms with Gasteiger partial charge in [-0.2, -0.15) is 0 Å². The Kier molecular flexibility index (Phi) is 4.01. The lowest BCUT2D eigenvalue weighted by Crippen LogP contribution is -2.30. The number of hydrogen-bond donors (Lipinski definition) is 3. The fraction of sp³-hybridized carbons (Fsp3) is 0.0667.